The van der Waals surface area contributed by atoms with Crippen molar-refractivity contribution >= 4 is 17.9 Å². The number of quaternary nitrogens is 1. The van der Waals surface area contributed by atoms with Crippen LogP contribution in [0.4, 0.5) is 0 Å². The van der Waals surface area contributed by atoms with Crippen molar-refractivity contribution in [2.75, 3.05) is 26.2 Å². The normalized spacial score (nSPS) is 15.2. The van der Waals surface area contributed by atoms with Crippen LogP contribution >= 0.6 is 0 Å². The maximum absolute atomic E-state index is 11.5. The number of rotatable bonds is 32. The molecule has 0 heterocycles. The van der Waals surface area contributed by atoms with Crippen molar-refractivity contribution in [2.45, 2.75) is 163 Å². The summed E-state index contributed by atoms with van der Waals surface area (Å²) in [6.45, 7) is 9.99. The van der Waals surface area contributed by atoms with Crippen molar-refractivity contribution in [1.82, 2.24) is 0 Å². The van der Waals surface area contributed by atoms with E-state index in [1.165, 1.54) is 96.3 Å². The molecule has 2 N–H and O–H groups in total. The second kappa shape index (κ2) is 27.4. The van der Waals surface area contributed by atoms with Gasteiger partial charge in [0.15, 0.2) is 0 Å². The Balaban J connectivity index is 4.40. The third-order valence-corrected chi connectivity index (χ3v) is 9.50. The molecule has 0 amide bonds. The maximum Gasteiger partial charge on any atom is 0.306 e. The first-order valence-corrected chi connectivity index (χ1v) is 18.2. The first kappa shape index (κ1) is 42.1. The minimum absolute atomic E-state index is 0.445. The summed E-state index contributed by atoms with van der Waals surface area (Å²) >= 11 is 0. The lowest BCUT2D eigenvalue weighted by Gasteiger charge is -2.41. The van der Waals surface area contributed by atoms with E-state index in [0.717, 1.165) is 25.8 Å². The summed E-state index contributed by atoms with van der Waals surface area (Å²) in [5, 5.41) is 30.3. The van der Waals surface area contributed by atoms with Gasteiger partial charge in [0.25, 0.3) is 0 Å². The summed E-state index contributed by atoms with van der Waals surface area (Å²) in [5.41, 5.74) is 0. The van der Waals surface area contributed by atoms with E-state index in [2.05, 4.69) is 19.1 Å². The third kappa shape index (κ3) is 23.5. The van der Waals surface area contributed by atoms with Gasteiger partial charge in [-0.3, -0.25) is 9.59 Å². The predicted molar refractivity (Wildman–Crippen MR) is 179 cm³/mol. The summed E-state index contributed by atoms with van der Waals surface area (Å²) in [5.74, 6) is -4.31. The van der Waals surface area contributed by atoms with Crippen LogP contribution in [0.2, 0.25) is 0 Å². The number of aliphatic carboxylic acids is 3. The molecule has 0 rings (SSSR count). The Hall–Kier alpha value is -1.89. The monoisotopic (exact) mass is 624 g/mol. The van der Waals surface area contributed by atoms with Crippen LogP contribution in [0.3, 0.4) is 0 Å². The molecule has 7 heteroatoms. The van der Waals surface area contributed by atoms with Crippen LogP contribution < -0.4 is 5.11 Å². The van der Waals surface area contributed by atoms with Crippen molar-refractivity contribution in [3.8, 4) is 0 Å². The van der Waals surface area contributed by atoms with E-state index >= 15 is 0 Å². The number of hydrogen-bond donors (Lipinski definition) is 2. The van der Waals surface area contributed by atoms with E-state index in [0.29, 0.717) is 43.4 Å². The maximum atomic E-state index is 11.5. The van der Waals surface area contributed by atoms with Gasteiger partial charge in [-0.05, 0) is 38.5 Å². The number of nitrogens with zero attached hydrogens (tertiary/aromatic N) is 1. The van der Waals surface area contributed by atoms with E-state index < -0.39 is 35.7 Å². The van der Waals surface area contributed by atoms with Crippen molar-refractivity contribution in [3.63, 3.8) is 0 Å². The largest absolute Gasteiger partial charge is 0.550 e. The Morgan fingerprint density at radius 2 is 0.886 bits per heavy atom. The summed E-state index contributed by atoms with van der Waals surface area (Å²) in [4.78, 5) is 34.4. The molecule has 0 aromatic carbocycles. The highest BCUT2D eigenvalue weighted by atomic mass is 16.4. The van der Waals surface area contributed by atoms with E-state index in [4.69, 9.17) is 0 Å². The molecule has 0 saturated carbocycles. The zero-order valence-corrected chi connectivity index (χ0v) is 29.0. The third-order valence-electron chi connectivity index (χ3n) is 9.50. The number of unbranched alkanes of at least 4 members (excludes halogenated alkanes) is 16. The van der Waals surface area contributed by atoms with Gasteiger partial charge in [0.1, 0.15) is 0 Å². The molecule has 0 radical (unpaired) electrons. The average molecular weight is 624 g/mol. The van der Waals surface area contributed by atoms with Crippen LogP contribution in [-0.2, 0) is 14.4 Å². The first-order chi connectivity index (χ1) is 21.0. The Bertz CT molecular complexity index is 707. The number of hydrogen-bond acceptors (Lipinski definition) is 4. The number of carbonyl (C=O) groups is 3. The van der Waals surface area contributed by atoms with E-state index in [-0.39, 0.29) is 0 Å². The van der Waals surface area contributed by atoms with Crippen molar-refractivity contribution in [1.29, 1.82) is 0 Å². The molecule has 0 saturated heterocycles. The summed E-state index contributed by atoms with van der Waals surface area (Å²) in [6.07, 6.45) is 29.1. The zero-order valence-electron chi connectivity index (χ0n) is 29.0. The van der Waals surface area contributed by atoms with Gasteiger partial charge in [-0.1, -0.05) is 117 Å². The molecule has 0 aliphatic heterocycles. The van der Waals surface area contributed by atoms with Crippen molar-refractivity contribution < 1.29 is 34.2 Å². The smallest absolute Gasteiger partial charge is 0.306 e. The number of allylic oxidation sites excluding steroid dienone is 2. The number of carbonyl (C=O) groups excluding carboxylic acids is 1. The lowest BCUT2D eigenvalue weighted by atomic mass is 10.0. The molecule has 0 bridgehead atoms. The van der Waals surface area contributed by atoms with Gasteiger partial charge in [-0.25, -0.2) is 0 Å². The molecule has 0 aliphatic rings. The highest BCUT2D eigenvalue weighted by Gasteiger charge is 2.30. The fourth-order valence-electron chi connectivity index (χ4n) is 5.84. The molecule has 3 atom stereocenters. The van der Waals surface area contributed by atoms with Crippen molar-refractivity contribution in [2.24, 2.45) is 17.8 Å². The minimum Gasteiger partial charge on any atom is -0.550 e. The van der Waals surface area contributed by atoms with Gasteiger partial charge < -0.3 is 24.6 Å². The zero-order chi connectivity index (χ0) is 33.1. The van der Waals surface area contributed by atoms with Crippen LogP contribution in [0.1, 0.15) is 163 Å². The van der Waals surface area contributed by atoms with Gasteiger partial charge in [0.2, 0.25) is 0 Å². The lowest BCUT2D eigenvalue weighted by Crippen LogP contribution is -2.52. The fourth-order valence-corrected chi connectivity index (χ4v) is 5.84. The van der Waals surface area contributed by atoms with Gasteiger partial charge in [-0.2, -0.15) is 0 Å². The highest BCUT2D eigenvalue weighted by molar-refractivity contribution is 5.69. The molecule has 44 heavy (non-hydrogen) atoms. The molecular weight excluding hydrogens is 554 g/mol. The quantitative estimate of drug-likeness (QED) is 0.0442. The standard InChI is InChI=1S/C37H69NO6/c1-5-6-7-8-9-10-11-12-13-14-15-16-17-18-19-20-21-22-23-24-28-38(29-25-32(2)35(39)40,30-26-33(3)36(41)42)31-27-34(4)37(43)44/h12-13,32-34H,5-11,14-31H2,1-4H3,(H2-,39,40,41,42,43,44)/b13-12+. The molecule has 258 valence electrons. The predicted octanol–water partition coefficient (Wildman–Crippen LogP) is 8.40. The summed E-state index contributed by atoms with van der Waals surface area (Å²) < 4.78 is 0.584. The average Bonchev–Trinajstić information content (AvgIpc) is 2.99. The molecule has 0 aliphatic carbocycles. The fraction of sp³-hybridized carbons (Fsp3) is 0.865. The Labute approximate surface area is 270 Å². The van der Waals surface area contributed by atoms with Crippen LogP contribution in [0.25, 0.3) is 0 Å². The van der Waals surface area contributed by atoms with Crippen molar-refractivity contribution in [3.05, 3.63) is 12.2 Å². The second-order valence-electron chi connectivity index (χ2n) is 13.7. The Kier molecular flexibility index (Phi) is 26.2. The molecule has 0 aromatic heterocycles. The van der Waals surface area contributed by atoms with E-state index in [1.54, 1.807) is 20.8 Å². The Morgan fingerprint density at radius 1 is 0.545 bits per heavy atom. The van der Waals surface area contributed by atoms with Gasteiger partial charge in [0.05, 0.1) is 38.0 Å². The van der Waals surface area contributed by atoms with E-state index in [1.807, 2.05) is 0 Å². The first-order valence-electron chi connectivity index (χ1n) is 18.2. The van der Waals surface area contributed by atoms with Gasteiger partial charge >= 0.3 is 11.9 Å². The second-order valence-corrected chi connectivity index (χ2v) is 13.7. The SMILES string of the molecule is CCCCCCCC/C=C/CCCCCCCCCCCC[N+](CCC(C)C(=O)[O-])(CCC(C)C(=O)O)CCC(C)C(=O)O. The van der Waals surface area contributed by atoms with E-state index in [9.17, 15) is 29.7 Å². The van der Waals surface area contributed by atoms with Crippen LogP contribution in [-0.4, -0.2) is 58.8 Å². The lowest BCUT2D eigenvalue weighted by molar-refractivity contribution is -0.929. The Morgan fingerprint density at radius 3 is 1.25 bits per heavy atom. The van der Waals surface area contributed by atoms with Gasteiger partial charge in [0, 0.05) is 31.1 Å². The molecular formula is C37H69NO6. The molecule has 0 spiro atoms. The topological polar surface area (TPSA) is 115 Å². The molecule has 3 unspecified atom stereocenters. The summed E-state index contributed by atoms with van der Waals surface area (Å²) in [6, 6.07) is 0. The summed E-state index contributed by atoms with van der Waals surface area (Å²) in [7, 11) is 0. The van der Waals surface area contributed by atoms with Crippen LogP contribution in [0.5, 0.6) is 0 Å². The number of carboxylic acids is 3. The molecule has 0 fully saturated rings. The minimum atomic E-state index is -1.07. The van der Waals surface area contributed by atoms with Gasteiger partial charge in [-0.15, -0.1) is 0 Å². The highest BCUT2D eigenvalue weighted by Crippen LogP contribution is 2.22. The number of carboxylic acid groups (broad SMARTS) is 3. The van der Waals surface area contributed by atoms with Crippen LogP contribution in [0, 0.1) is 17.8 Å². The van der Waals surface area contributed by atoms with Crippen LogP contribution in [0.15, 0.2) is 12.2 Å². The molecule has 0 aromatic rings. The molecule has 7 nitrogen and oxygen atoms in total.